The minimum Gasteiger partial charge on any atom is -0.497 e. The standard InChI is InChI=1S/C16H23NO2S/c1-19-14-6-8-15(9-7-14)20-11-16(10-18,12-2-3-12)17-13-4-5-13/h6-9,12-13,17-18H,2-5,10-11H2,1H3. The quantitative estimate of drug-likeness (QED) is 0.723. The smallest absolute Gasteiger partial charge is 0.118 e. The van der Waals surface area contributed by atoms with E-state index < -0.39 is 0 Å². The van der Waals surface area contributed by atoms with E-state index in [1.54, 1.807) is 7.11 Å². The number of thioether (sulfide) groups is 1. The van der Waals surface area contributed by atoms with E-state index >= 15 is 0 Å². The molecule has 0 aliphatic heterocycles. The van der Waals surface area contributed by atoms with Gasteiger partial charge < -0.3 is 15.2 Å². The van der Waals surface area contributed by atoms with Gasteiger partial charge in [-0.15, -0.1) is 11.8 Å². The normalized spacial score (nSPS) is 21.5. The number of hydrogen-bond acceptors (Lipinski definition) is 4. The number of aliphatic hydroxyl groups is 1. The van der Waals surface area contributed by atoms with Crippen LogP contribution in [0.4, 0.5) is 0 Å². The van der Waals surface area contributed by atoms with E-state index in [2.05, 4.69) is 17.4 Å². The van der Waals surface area contributed by atoms with Gasteiger partial charge in [0.05, 0.1) is 19.3 Å². The van der Waals surface area contributed by atoms with E-state index in [4.69, 9.17) is 4.74 Å². The van der Waals surface area contributed by atoms with Gasteiger partial charge in [-0.1, -0.05) is 0 Å². The molecule has 3 nitrogen and oxygen atoms in total. The first kappa shape index (κ1) is 14.2. The molecule has 110 valence electrons. The van der Waals surface area contributed by atoms with Gasteiger partial charge in [0.1, 0.15) is 5.75 Å². The Kier molecular flexibility index (Phi) is 4.24. The zero-order valence-electron chi connectivity index (χ0n) is 12.0. The Labute approximate surface area is 125 Å². The summed E-state index contributed by atoms with van der Waals surface area (Å²) in [6, 6.07) is 8.81. The molecule has 1 atom stereocenters. The average Bonchev–Trinajstić information content (AvgIpc) is 3.37. The third kappa shape index (κ3) is 3.30. The van der Waals surface area contributed by atoms with Crippen molar-refractivity contribution in [2.24, 2.45) is 5.92 Å². The maximum atomic E-state index is 9.93. The van der Waals surface area contributed by atoms with Crippen LogP contribution in [0.2, 0.25) is 0 Å². The molecule has 1 unspecified atom stereocenters. The number of benzene rings is 1. The van der Waals surface area contributed by atoms with Crippen LogP contribution in [0.5, 0.6) is 5.75 Å². The van der Waals surface area contributed by atoms with E-state index in [-0.39, 0.29) is 12.1 Å². The first-order valence-corrected chi connectivity index (χ1v) is 8.40. The molecule has 0 spiro atoms. The first-order chi connectivity index (χ1) is 9.75. The molecule has 2 aliphatic rings. The summed E-state index contributed by atoms with van der Waals surface area (Å²) in [4.78, 5) is 1.24. The zero-order valence-corrected chi connectivity index (χ0v) is 12.8. The van der Waals surface area contributed by atoms with Crippen LogP contribution in [0.3, 0.4) is 0 Å². The second kappa shape index (κ2) is 5.96. The monoisotopic (exact) mass is 293 g/mol. The van der Waals surface area contributed by atoms with Gasteiger partial charge in [-0.2, -0.15) is 0 Å². The highest BCUT2D eigenvalue weighted by atomic mass is 32.2. The van der Waals surface area contributed by atoms with Gasteiger partial charge in [0, 0.05) is 16.7 Å². The molecular formula is C16H23NO2S. The Hall–Kier alpha value is -0.710. The van der Waals surface area contributed by atoms with Crippen molar-refractivity contribution >= 4 is 11.8 Å². The van der Waals surface area contributed by atoms with E-state index in [9.17, 15) is 5.11 Å². The third-order valence-corrected chi connectivity index (χ3v) is 5.53. The number of ether oxygens (including phenoxy) is 1. The summed E-state index contributed by atoms with van der Waals surface area (Å²) in [5.74, 6) is 2.48. The number of rotatable bonds is 8. The van der Waals surface area contributed by atoms with E-state index in [1.807, 2.05) is 23.9 Å². The minimum atomic E-state index is -0.0776. The highest BCUT2D eigenvalue weighted by Gasteiger charge is 2.47. The van der Waals surface area contributed by atoms with E-state index in [1.165, 1.54) is 30.6 Å². The summed E-state index contributed by atoms with van der Waals surface area (Å²) in [7, 11) is 1.69. The Morgan fingerprint density at radius 3 is 2.45 bits per heavy atom. The lowest BCUT2D eigenvalue weighted by atomic mass is 9.96. The van der Waals surface area contributed by atoms with Crippen LogP contribution in [-0.4, -0.2) is 36.2 Å². The molecule has 3 rings (SSSR count). The molecule has 0 radical (unpaired) electrons. The fourth-order valence-electron chi connectivity index (χ4n) is 2.65. The van der Waals surface area contributed by atoms with E-state index in [0.717, 1.165) is 11.5 Å². The topological polar surface area (TPSA) is 41.5 Å². The van der Waals surface area contributed by atoms with Crippen LogP contribution in [0.1, 0.15) is 25.7 Å². The molecular weight excluding hydrogens is 270 g/mol. The lowest BCUT2D eigenvalue weighted by molar-refractivity contribution is 0.157. The van der Waals surface area contributed by atoms with Gasteiger partial charge in [-0.3, -0.25) is 0 Å². The van der Waals surface area contributed by atoms with Crippen molar-refractivity contribution in [1.82, 2.24) is 5.32 Å². The number of methoxy groups -OCH3 is 1. The van der Waals surface area contributed by atoms with Crippen molar-refractivity contribution in [3.63, 3.8) is 0 Å². The highest BCUT2D eigenvalue weighted by Crippen LogP contribution is 2.43. The molecule has 20 heavy (non-hydrogen) atoms. The molecule has 4 heteroatoms. The number of aliphatic hydroxyl groups excluding tert-OH is 1. The Morgan fingerprint density at radius 2 is 1.95 bits per heavy atom. The van der Waals surface area contributed by atoms with Crippen molar-refractivity contribution in [3.8, 4) is 5.75 Å². The number of nitrogens with one attached hydrogen (secondary N) is 1. The molecule has 0 amide bonds. The van der Waals surface area contributed by atoms with Gasteiger partial charge in [-0.05, 0) is 55.9 Å². The molecule has 2 aliphatic carbocycles. The molecule has 1 aromatic carbocycles. The van der Waals surface area contributed by atoms with Gasteiger partial charge >= 0.3 is 0 Å². The van der Waals surface area contributed by atoms with Crippen LogP contribution < -0.4 is 10.1 Å². The molecule has 0 bridgehead atoms. The van der Waals surface area contributed by atoms with Crippen molar-refractivity contribution in [1.29, 1.82) is 0 Å². The van der Waals surface area contributed by atoms with Crippen LogP contribution in [0.25, 0.3) is 0 Å². The first-order valence-electron chi connectivity index (χ1n) is 7.41. The lowest BCUT2D eigenvalue weighted by Crippen LogP contribution is -2.53. The highest BCUT2D eigenvalue weighted by molar-refractivity contribution is 7.99. The Balaban J connectivity index is 1.63. The second-order valence-electron chi connectivity index (χ2n) is 5.97. The van der Waals surface area contributed by atoms with E-state index in [0.29, 0.717) is 12.0 Å². The van der Waals surface area contributed by atoms with Crippen LogP contribution >= 0.6 is 11.8 Å². The van der Waals surface area contributed by atoms with Crippen molar-refractivity contribution in [2.45, 2.75) is 42.2 Å². The Bertz CT molecular complexity index is 442. The maximum Gasteiger partial charge on any atom is 0.118 e. The SMILES string of the molecule is COc1ccc(SCC(CO)(NC2CC2)C2CC2)cc1. The molecule has 1 aromatic rings. The predicted molar refractivity (Wildman–Crippen MR) is 82.4 cm³/mol. The van der Waals surface area contributed by atoms with Gasteiger partial charge in [0.2, 0.25) is 0 Å². The lowest BCUT2D eigenvalue weighted by Gasteiger charge is -2.33. The van der Waals surface area contributed by atoms with Crippen LogP contribution in [0.15, 0.2) is 29.2 Å². The third-order valence-electron chi connectivity index (χ3n) is 4.27. The molecule has 2 fully saturated rings. The van der Waals surface area contributed by atoms with Crippen LogP contribution in [-0.2, 0) is 0 Å². The maximum absolute atomic E-state index is 9.93. The van der Waals surface area contributed by atoms with Gasteiger partial charge in [-0.25, -0.2) is 0 Å². The van der Waals surface area contributed by atoms with Crippen molar-refractivity contribution < 1.29 is 9.84 Å². The zero-order chi connectivity index (χ0) is 14.0. The summed E-state index contributed by atoms with van der Waals surface area (Å²) in [6.07, 6.45) is 5.04. The fourth-order valence-corrected chi connectivity index (χ4v) is 3.82. The number of hydrogen-bond donors (Lipinski definition) is 2. The average molecular weight is 293 g/mol. The molecule has 0 aromatic heterocycles. The summed E-state index contributed by atoms with van der Waals surface area (Å²) in [6.45, 7) is 0.247. The van der Waals surface area contributed by atoms with Gasteiger partial charge in [0.15, 0.2) is 0 Å². The summed E-state index contributed by atoms with van der Waals surface area (Å²) >= 11 is 1.83. The van der Waals surface area contributed by atoms with Crippen LogP contribution in [0, 0.1) is 5.92 Å². The summed E-state index contributed by atoms with van der Waals surface area (Å²) in [5.41, 5.74) is -0.0776. The summed E-state index contributed by atoms with van der Waals surface area (Å²) in [5, 5.41) is 13.6. The molecule has 2 N–H and O–H groups in total. The largest absolute Gasteiger partial charge is 0.497 e. The Morgan fingerprint density at radius 1 is 1.25 bits per heavy atom. The van der Waals surface area contributed by atoms with Crippen molar-refractivity contribution in [3.05, 3.63) is 24.3 Å². The summed E-state index contributed by atoms with van der Waals surface area (Å²) < 4.78 is 5.18. The molecule has 0 saturated heterocycles. The van der Waals surface area contributed by atoms with Gasteiger partial charge in [0.25, 0.3) is 0 Å². The molecule has 0 heterocycles. The minimum absolute atomic E-state index is 0.0776. The molecule has 2 saturated carbocycles. The fraction of sp³-hybridized carbons (Fsp3) is 0.625. The van der Waals surface area contributed by atoms with Crippen molar-refractivity contribution in [2.75, 3.05) is 19.5 Å². The second-order valence-corrected chi connectivity index (χ2v) is 7.02. The predicted octanol–water partition coefficient (Wildman–Crippen LogP) is 2.68.